The topological polar surface area (TPSA) is 180 Å². The number of ether oxygens (including phenoxy) is 2. The van der Waals surface area contributed by atoms with E-state index in [2.05, 4.69) is 5.32 Å². The average molecular weight is 495 g/mol. The molecule has 0 bridgehead atoms. The van der Waals surface area contributed by atoms with Gasteiger partial charge in [0.25, 0.3) is 11.6 Å². The highest BCUT2D eigenvalue weighted by molar-refractivity contribution is 7.89. The van der Waals surface area contributed by atoms with E-state index in [4.69, 9.17) is 15.2 Å². The third kappa shape index (κ3) is 6.89. The van der Waals surface area contributed by atoms with Crippen molar-refractivity contribution in [2.75, 3.05) is 31.3 Å². The van der Waals surface area contributed by atoms with Gasteiger partial charge in [-0.25, -0.2) is 8.42 Å². The van der Waals surface area contributed by atoms with Gasteiger partial charge in [0.2, 0.25) is 10.0 Å². The zero-order valence-corrected chi connectivity index (χ0v) is 19.9. The molecule has 0 aliphatic rings. The second kappa shape index (κ2) is 10.5. The number of anilines is 2. The number of esters is 1. The molecular formula is C21H26N4O8S. The minimum absolute atomic E-state index is 0.180. The fraction of sp³-hybridized carbons (Fsp3) is 0.333. The number of hydrogen-bond donors (Lipinski definition) is 3. The van der Waals surface area contributed by atoms with Crippen LogP contribution in [0.3, 0.4) is 0 Å². The summed E-state index contributed by atoms with van der Waals surface area (Å²) >= 11 is 0. The molecular weight excluding hydrogens is 468 g/mol. The van der Waals surface area contributed by atoms with Crippen LogP contribution in [0, 0.1) is 10.1 Å². The fourth-order valence-corrected chi connectivity index (χ4v) is 3.73. The van der Waals surface area contributed by atoms with Crippen molar-refractivity contribution in [2.24, 2.45) is 0 Å². The Morgan fingerprint density at radius 1 is 1.15 bits per heavy atom. The van der Waals surface area contributed by atoms with Crippen LogP contribution in [-0.2, 0) is 29.8 Å². The molecule has 1 amide bonds. The molecule has 0 spiro atoms. The molecule has 0 aliphatic heterocycles. The van der Waals surface area contributed by atoms with E-state index < -0.39 is 50.6 Å². The summed E-state index contributed by atoms with van der Waals surface area (Å²) in [6.45, 7) is 4.55. The van der Waals surface area contributed by atoms with E-state index in [-0.39, 0.29) is 11.1 Å². The summed E-state index contributed by atoms with van der Waals surface area (Å²) in [5, 5.41) is 13.5. The Kier molecular flexibility index (Phi) is 8.18. The molecule has 0 saturated carbocycles. The first-order valence-corrected chi connectivity index (χ1v) is 11.4. The number of nitro benzene ring substituents is 1. The van der Waals surface area contributed by atoms with Crippen molar-refractivity contribution in [3.05, 3.63) is 52.1 Å². The van der Waals surface area contributed by atoms with Gasteiger partial charge in [-0.15, -0.1) is 0 Å². The lowest BCUT2D eigenvalue weighted by Crippen LogP contribution is -2.32. The van der Waals surface area contributed by atoms with Gasteiger partial charge in [0.05, 0.1) is 22.6 Å². The minimum Gasteiger partial charge on any atom is -0.495 e. The number of hydrogen-bond acceptors (Lipinski definition) is 9. The number of rotatable bonds is 9. The van der Waals surface area contributed by atoms with Crippen LogP contribution in [0.25, 0.3) is 0 Å². The highest BCUT2D eigenvalue weighted by Gasteiger charge is 2.22. The van der Waals surface area contributed by atoms with E-state index in [1.54, 1.807) is 12.1 Å². The number of methoxy groups -OCH3 is 1. The van der Waals surface area contributed by atoms with Crippen LogP contribution in [0.5, 0.6) is 5.75 Å². The van der Waals surface area contributed by atoms with Gasteiger partial charge in [-0.1, -0.05) is 26.8 Å². The number of nitrogens with one attached hydrogen (secondary N) is 2. The maximum absolute atomic E-state index is 12.3. The van der Waals surface area contributed by atoms with Crippen LogP contribution >= 0.6 is 0 Å². The Hall–Kier alpha value is -3.71. The lowest BCUT2D eigenvalue weighted by molar-refractivity contribution is -0.384. The van der Waals surface area contributed by atoms with Crippen molar-refractivity contribution in [1.29, 1.82) is 0 Å². The van der Waals surface area contributed by atoms with Gasteiger partial charge in [-0.2, -0.15) is 4.72 Å². The number of nitrogens with two attached hydrogens (primary N) is 1. The Bertz CT molecular complexity index is 1210. The second-order valence-electron chi connectivity index (χ2n) is 8.18. The van der Waals surface area contributed by atoms with Gasteiger partial charge in [-0.3, -0.25) is 19.7 Å². The molecule has 0 aromatic heterocycles. The summed E-state index contributed by atoms with van der Waals surface area (Å²) in [4.78, 5) is 33.8. The van der Waals surface area contributed by atoms with Crippen LogP contribution in [0.15, 0.2) is 41.3 Å². The molecule has 2 rings (SSSR count). The maximum atomic E-state index is 12.3. The molecule has 184 valence electrons. The smallest absolute Gasteiger partial charge is 0.321 e. The first-order valence-electron chi connectivity index (χ1n) is 9.92. The Balaban J connectivity index is 1.96. The van der Waals surface area contributed by atoms with Crippen molar-refractivity contribution in [2.45, 2.75) is 31.1 Å². The van der Waals surface area contributed by atoms with E-state index in [1.807, 2.05) is 31.6 Å². The van der Waals surface area contributed by atoms with Gasteiger partial charge in [0.15, 0.2) is 6.61 Å². The molecule has 12 nitrogen and oxygen atoms in total. The van der Waals surface area contributed by atoms with Crippen molar-refractivity contribution < 1.29 is 32.4 Å². The standard InChI is InChI=1S/C21H26N4O8S/c1-21(2,3)13-5-8-18(32-4)16(9-13)24-19(26)12-33-20(27)11-23-34(30,31)14-6-7-15(22)17(10-14)25(28)29/h5-10,23H,11-12,22H2,1-4H3,(H,24,26). The van der Waals surface area contributed by atoms with Crippen molar-refractivity contribution in [3.8, 4) is 5.75 Å². The molecule has 0 saturated heterocycles. The highest BCUT2D eigenvalue weighted by Crippen LogP contribution is 2.31. The largest absolute Gasteiger partial charge is 0.495 e. The zero-order chi connectivity index (χ0) is 25.7. The number of amides is 1. The lowest BCUT2D eigenvalue weighted by Gasteiger charge is -2.21. The van der Waals surface area contributed by atoms with Crippen molar-refractivity contribution >= 4 is 39.0 Å². The third-order valence-electron chi connectivity index (χ3n) is 4.62. The van der Waals surface area contributed by atoms with E-state index in [1.165, 1.54) is 7.11 Å². The summed E-state index contributed by atoms with van der Waals surface area (Å²) in [6.07, 6.45) is 0. The monoisotopic (exact) mass is 494 g/mol. The number of benzene rings is 2. The Morgan fingerprint density at radius 3 is 2.41 bits per heavy atom. The predicted molar refractivity (Wildman–Crippen MR) is 124 cm³/mol. The number of sulfonamides is 1. The van der Waals surface area contributed by atoms with Gasteiger partial charge in [-0.05, 0) is 35.2 Å². The highest BCUT2D eigenvalue weighted by atomic mass is 32.2. The molecule has 0 atom stereocenters. The van der Waals surface area contributed by atoms with Gasteiger partial charge in [0, 0.05) is 6.07 Å². The van der Waals surface area contributed by atoms with E-state index in [0.29, 0.717) is 11.4 Å². The summed E-state index contributed by atoms with van der Waals surface area (Å²) in [7, 11) is -2.82. The zero-order valence-electron chi connectivity index (χ0n) is 19.1. The molecule has 2 aromatic rings. The van der Waals surface area contributed by atoms with Gasteiger partial charge in [0.1, 0.15) is 18.0 Å². The fourth-order valence-electron chi connectivity index (χ4n) is 2.74. The number of nitro groups is 1. The summed E-state index contributed by atoms with van der Waals surface area (Å²) in [6, 6.07) is 8.23. The summed E-state index contributed by atoms with van der Waals surface area (Å²) in [5.41, 5.74) is 5.80. The maximum Gasteiger partial charge on any atom is 0.321 e. The lowest BCUT2D eigenvalue weighted by atomic mass is 9.87. The van der Waals surface area contributed by atoms with Crippen LogP contribution in [0.1, 0.15) is 26.3 Å². The van der Waals surface area contributed by atoms with Crippen molar-refractivity contribution in [3.63, 3.8) is 0 Å². The number of nitrogens with zero attached hydrogens (tertiary/aromatic N) is 1. The van der Waals surface area contributed by atoms with Crippen LogP contribution in [-0.4, -0.2) is 45.5 Å². The summed E-state index contributed by atoms with van der Waals surface area (Å²) in [5.74, 6) is -1.27. The quantitative estimate of drug-likeness (QED) is 0.203. The molecule has 4 N–H and O–H groups in total. The molecule has 0 heterocycles. The van der Waals surface area contributed by atoms with Gasteiger partial charge >= 0.3 is 5.97 Å². The minimum atomic E-state index is -4.27. The van der Waals surface area contributed by atoms with Crippen molar-refractivity contribution in [1.82, 2.24) is 4.72 Å². The molecule has 0 radical (unpaired) electrons. The number of carbonyl (C=O) groups excluding carboxylic acids is 2. The average Bonchev–Trinajstić information content (AvgIpc) is 2.75. The Labute approximate surface area is 196 Å². The SMILES string of the molecule is COc1ccc(C(C)(C)C)cc1NC(=O)COC(=O)CNS(=O)(=O)c1ccc(N)c([N+](=O)[O-])c1. The van der Waals surface area contributed by atoms with E-state index in [0.717, 1.165) is 23.8 Å². The molecule has 0 aliphatic carbocycles. The van der Waals surface area contributed by atoms with E-state index >= 15 is 0 Å². The van der Waals surface area contributed by atoms with Gasteiger partial charge < -0.3 is 20.5 Å². The molecule has 2 aromatic carbocycles. The first-order chi connectivity index (χ1) is 15.7. The van der Waals surface area contributed by atoms with Crippen LogP contribution in [0.2, 0.25) is 0 Å². The number of carbonyl (C=O) groups is 2. The molecule has 0 unspecified atom stereocenters. The molecule has 0 fully saturated rings. The third-order valence-corrected chi connectivity index (χ3v) is 6.02. The number of nitrogen functional groups attached to an aromatic ring is 1. The molecule has 34 heavy (non-hydrogen) atoms. The van der Waals surface area contributed by atoms with E-state index in [9.17, 15) is 28.1 Å². The van der Waals surface area contributed by atoms with Crippen LogP contribution < -0.4 is 20.5 Å². The summed E-state index contributed by atoms with van der Waals surface area (Å²) < 4.78 is 36.6. The second-order valence-corrected chi connectivity index (χ2v) is 9.94. The molecule has 13 heteroatoms. The first kappa shape index (κ1) is 26.5. The normalized spacial score (nSPS) is 11.5. The predicted octanol–water partition coefficient (Wildman–Crippen LogP) is 1.94. The van der Waals surface area contributed by atoms with Crippen LogP contribution in [0.4, 0.5) is 17.1 Å². The Morgan fingerprint density at radius 2 is 1.82 bits per heavy atom.